The number of aromatic nitrogens is 4. The maximum Gasteiger partial charge on any atom is 0.327 e. The number of nitrogens with one attached hydrogen (secondary N) is 2. The first kappa shape index (κ1) is 21.1. The minimum absolute atomic E-state index is 0.164. The maximum absolute atomic E-state index is 12.5. The lowest BCUT2D eigenvalue weighted by Crippen LogP contribution is -2.49. The third kappa shape index (κ3) is 4.78. The molecule has 30 heavy (non-hydrogen) atoms. The Bertz CT molecular complexity index is 877. The molecule has 2 aromatic rings. The number of aryl methyl sites for hydroxylation is 1. The van der Waals surface area contributed by atoms with Gasteiger partial charge in [0.05, 0.1) is 0 Å². The van der Waals surface area contributed by atoms with Crippen molar-refractivity contribution in [2.75, 3.05) is 50.3 Å². The van der Waals surface area contributed by atoms with Crippen LogP contribution in [0.3, 0.4) is 0 Å². The Morgan fingerprint density at radius 1 is 1.10 bits per heavy atom. The molecule has 2 aromatic heterocycles. The largest absolute Gasteiger partial charge is 0.382 e. The number of hydrogen-bond acceptors (Lipinski definition) is 7. The SMILES string of the molecule is CCCCNc1nc(N)c2[nH]c(=O)n(CCCN3CCN(C4CCCC4)CC3)c2n1. The van der Waals surface area contributed by atoms with Crippen molar-refractivity contribution in [3.63, 3.8) is 0 Å². The summed E-state index contributed by atoms with van der Waals surface area (Å²) in [7, 11) is 0. The highest BCUT2D eigenvalue weighted by molar-refractivity contribution is 5.82. The molecule has 1 aliphatic heterocycles. The van der Waals surface area contributed by atoms with Gasteiger partial charge in [0, 0.05) is 45.3 Å². The summed E-state index contributed by atoms with van der Waals surface area (Å²) < 4.78 is 1.70. The van der Waals surface area contributed by atoms with Crippen LogP contribution in [0.2, 0.25) is 0 Å². The van der Waals surface area contributed by atoms with Gasteiger partial charge in [-0.25, -0.2) is 4.79 Å². The summed E-state index contributed by atoms with van der Waals surface area (Å²) in [4.78, 5) is 29.3. The predicted molar refractivity (Wildman–Crippen MR) is 121 cm³/mol. The molecule has 4 N–H and O–H groups in total. The number of rotatable bonds is 9. The highest BCUT2D eigenvalue weighted by Crippen LogP contribution is 2.24. The average Bonchev–Trinajstić information content (AvgIpc) is 3.38. The van der Waals surface area contributed by atoms with Crippen LogP contribution in [-0.4, -0.2) is 74.6 Å². The maximum atomic E-state index is 12.5. The first-order valence-electron chi connectivity index (χ1n) is 11.6. The molecule has 166 valence electrons. The Morgan fingerprint density at radius 2 is 1.87 bits per heavy atom. The fraction of sp³-hybridized carbons (Fsp3) is 0.762. The van der Waals surface area contributed by atoms with E-state index in [9.17, 15) is 4.79 Å². The highest BCUT2D eigenvalue weighted by atomic mass is 16.1. The molecule has 0 radical (unpaired) electrons. The Kier molecular flexibility index (Phi) is 6.89. The summed E-state index contributed by atoms with van der Waals surface area (Å²) in [5.41, 5.74) is 7.03. The lowest BCUT2D eigenvalue weighted by atomic mass is 10.2. The number of hydrogen-bond donors (Lipinski definition) is 3. The Labute approximate surface area is 178 Å². The third-order valence-corrected chi connectivity index (χ3v) is 6.57. The van der Waals surface area contributed by atoms with Crippen LogP contribution >= 0.6 is 0 Å². The predicted octanol–water partition coefficient (Wildman–Crippen LogP) is 1.86. The zero-order valence-electron chi connectivity index (χ0n) is 18.2. The van der Waals surface area contributed by atoms with Crippen LogP contribution in [0.15, 0.2) is 4.79 Å². The molecule has 1 aliphatic carbocycles. The molecule has 1 saturated heterocycles. The molecular weight excluding hydrogens is 380 g/mol. The molecule has 4 rings (SSSR count). The van der Waals surface area contributed by atoms with Crippen LogP contribution in [0.25, 0.3) is 11.2 Å². The van der Waals surface area contributed by atoms with Gasteiger partial charge >= 0.3 is 5.69 Å². The molecule has 9 heteroatoms. The minimum atomic E-state index is -0.164. The number of fused-ring (bicyclic) bond motifs is 1. The molecular formula is C21H36N8O. The van der Waals surface area contributed by atoms with E-state index in [0.29, 0.717) is 29.5 Å². The van der Waals surface area contributed by atoms with Crippen LogP contribution < -0.4 is 16.7 Å². The van der Waals surface area contributed by atoms with Gasteiger partial charge in [-0.3, -0.25) is 9.47 Å². The topological polar surface area (TPSA) is 108 Å². The van der Waals surface area contributed by atoms with E-state index in [1.807, 2.05) is 0 Å². The van der Waals surface area contributed by atoms with E-state index in [0.717, 1.165) is 51.5 Å². The summed E-state index contributed by atoms with van der Waals surface area (Å²) >= 11 is 0. The summed E-state index contributed by atoms with van der Waals surface area (Å²) in [6.45, 7) is 9.16. The number of nitrogens with zero attached hydrogens (tertiary/aromatic N) is 5. The Morgan fingerprint density at radius 3 is 2.60 bits per heavy atom. The fourth-order valence-electron chi connectivity index (χ4n) is 4.79. The highest BCUT2D eigenvalue weighted by Gasteiger charge is 2.25. The van der Waals surface area contributed by atoms with Gasteiger partial charge in [0.2, 0.25) is 5.95 Å². The number of H-pyrrole nitrogens is 1. The van der Waals surface area contributed by atoms with Crippen molar-refractivity contribution in [1.29, 1.82) is 0 Å². The lowest BCUT2D eigenvalue weighted by molar-refractivity contribution is 0.0964. The average molecular weight is 417 g/mol. The number of piperazine rings is 1. The van der Waals surface area contributed by atoms with Crippen molar-refractivity contribution in [3.05, 3.63) is 10.5 Å². The van der Waals surface area contributed by atoms with E-state index in [4.69, 9.17) is 5.73 Å². The second-order valence-corrected chi connectivity index (χ2v) is 8.66. The van der Waals surface area contributed by atoms with E-state index in [2.05, 4.69) is 37.0 Å². The quantitative estimate of drug-likeness (QED) is 0.536. The monoisotopic (exact) mass is 416 g/mol. The summed E-state index contributed by atoms with van der Waals surface area (Å²) in [5, 5.41) is 3.21. The van der Waals surface area contributed by atoms with Crippen LogP contribution in [0.1, 0.15) is 51.9 Å². The zero-order valence-corrected chi connectivity index (χ0v) is 18.2. The first-order chi connectivity index (χ1) is 14.7. The van der Waals surface area contributed by atoms with Crippen LogP contribution in [0, 0.1) is 0 Å². The number of nitrogens with two attached hydrogens (primary N) is 1. The van der Waals surface area contributed by atoms with Crippen molar-refractivity contribution >= 4 is 22.9 Å². The molecule has 0 aromatic carbocycles. The number of imidazole rings is 1. The summed E-state index contributed by atoms with van der Waals surface area (Å²) in [6, 6.07) is 0.822. The number of unbranched alkanes of at least 4 members (excludes halogenated alkanes) is 1. The summed E-state index contributed by atoms with van der Waals surface area (Å²) in [6.07, 6.45) is 8.60. The zero-order chi connectivity index (χ0) is 20.9. The van der Waals surface area contributed by atoms with Crippen molar-refractivity contribution in [2.24, 2.45) is 0 Å². The Hall–Kier alpha value is -2.13. The standard InChI is InChI=1S/C21H36N8O/c1-2-3-9-23-20-25-18(22)17-19(26-20)29(21(30)24-17)11-6-10-27-12-14-28(15-13-27)16-7-4-5-8-16/h16H,2-15H2,1H3,(H,24,30)(H3,22,23,25,26). The van der Waals surface area contributed by atoms with Gasteiger partial charge in [0.25, 0.3) is 0 Å². The van der Waals surface area contributed by atoms with Crippen LogP contribution in [0.4, 0.5) is 11.8 Å². The molecule has 0 bridgehead atoms. The van der Waals surface area contributed by atoms with Crippen LogP contribution in [0.5, 0.6) is 0 Å². The smallest absolute Gasteiger partial charge is 0.327 e. The molecule has 9 nitrogen and oxygen atoms in total. The third-order valence-electron chi connectivity index (χ3n) is 6.57. The molecule has 0 atom stereocenters. The number of nitrogen functional groups attached to an aromatic ring is 1. The van der Waals surface area contributed by atoms with Gasteiger partial charge in [-0.1, -0.05) is 26.2 Å². The van der Waals surface area contributed by atoms with Gasteiger partial charge < -0.3 is 20.9 Å². The number of aromatic amines is 1. The van der Waals surface area contributed by atoms with E-state index in [1.165, 1.54) is 38.8 Å². The van der Waals surface area contributed by atoms with Crippen molar-refractivity contribution in [3.8, 4) is 0 Å². The van der Waals surface area contributed by atoms with Crippen molar-refractivity contribution in [2.45, 2.75) is 64.5 Å². The van der Waals surface area contributed by atoms with E-state index in [1.54, 1.807) is 4.57 Å². The van der Waals surface area contributed by atoms with Crippen LogP contribution in [-0.2, 0) is 6.54 Å². The van der Waals surface area contributed by atoms with Gasteiger partial charge in [0.1, 0.15) is 5.52 Å². The van der Waals surface area contributed by atoms with E-state index < -0.39 is 0 Å². The second-order valence-electron chi connectivity index (χ2n) is 8.66. The van der Waals surface area contributed by atoms with E-state index in [-0.39, 0.29) is 5.69 Å². The van der Waals surface area contributed by atoms with E-state index >= 15 is 0 Å². The van der Waals surface area contributed by atoms with Crippen molar-refractivity contribution in [1.82, 2.24) is 29.3 Å². The fourth-order valence-corrected chi connectivity index (χ4v) is 4.79. The second kappa shape index (κ2) is 9.78. The first-order valence-corrected chi connectivity index (χ1v) is 11.6. The lowest BCUT2D eigenvalue weighted by Gasteiger charge is -2.38. The molecule has 2 aliphatic rings. The van der Waals surface area contributed by atoms with Gasteiger partial charge in [-0.2, -0.15) is 9.97 Å². The Balaban J connectivity index is 1.33. The molecule has 0 amide bonds. The minimum Gasteiger partial charge on any atom is -0.382 e. The van der Waals surface area contributed by atoms with Crippen molar-refractivity contribution < 1.29 is 0 Å². The number of anilines is 2. The summed E-state index contributed by atoms with van der Waals surface area (Å²) in [5.74, 6) is 0.808. The molecule has 0 spiro atoms. The molecule has 3 heterocycles. The molecule has 1 saturated carbocycles. The van der Waals surface area contributed by atoms with Gasteiger partial charge in [-0.15, -0.1) is 0 Å². The molecule has 0 unspecified atom stereocenters. The molecule has 2 fully saturated rings. The van der Waals surface area contributed by atoms with Gasteiger partial charge in [0.15, 0.2) is 11.5 Å². The normalized spacial score (nSPS) is 19.1. The van der Waals surface area contributed by atoms with Gasteiger partial charge in [-0.05, 0) is 32.2 Å².